The molecule has 1 aromatic heterocycles. The number of nitrogens with one attached hydrogen (secondary N) is 1. The van der Waals surface area contributed by atoms with Gasteiger partial charge in [0.1, 0.15) is 0 Å². The number of hydrogen-bond acceptors (Lipinski definition) is 5. The normalized spacial score (nSPS) is 10.3. The molecule has 0 atom stereocenters. The SMILES string of the molecule is CNC(=O)N(c1nnns1)c1c(C)cc(C)cc1C. The lowest BCUT2D eigenvalue weighted by atomic mass is 10.0. The fourth-order valence-electron chi connectivity index (χ4n) is 2.14. The summed E-state index contributed by atoms with van der Waals surface area (Å²) in [4.78, 5) is 13.6. The van der Waals surface area contributed by atoms with E-state index in [4.69, 9.17) is 0 Å². The van der Waals surface area contributed by atoms with Crippen LogP contribution in [0.5, 0.6) is 0 Å². The maximum absolute atomic E-state index is 12.1. The molecule has 7 heteroatoms. The van der Waals surface area contributed by atoms with Crippen molar-refractivity contribution in [3.8, 4) is 0 Å². The van der Waals surface area contributed by atoms with Gasteiger partial charge in [-0.15, -0.1) is 0 Å². The van der Waals surface area contributed by atoms with Gasteiger partial charge in [-0.1, -0.05) is 27.3 Å². The van der Waals surface area contributed by atoms with Gasteiger partial charge in [0, 0.05) is 18.6 Å². The van der Waals surface area contributed by atoms with Crippen LogP contribution in [0.1, 0.15) is 16.7 Å². The highest BCUT2D eigenvalue weighted by molar-refractivity contribution is 7.09. The molecule has 1 heterocycles. The summed E-state index contributed by atoms with van der Waals surface area (Å²) in [5.41, 5.74) is 4.00. The van der Waals surface area contributed by atoms with E-state index in [1.807, 2.05) is 32.9 Å². The van der Waals surface area contributed by atoms with Gasteiger partial charge in [-0.2, -0.15) is 0 Å². The largest absolute Gasteiger partial charge is 0.340 e. The first kappa shape index (κ1) is 13.4. The zero-order valence-corrected chi connectivity index (χ0v) is 12.1. The maximum atomic E-state index is 12.1. The molecule has 2 rings (SSSR count). The molecule has 2 amide bonds. The topological polar surface area (TPSA) is 71.0 Å². The van der Waals surface area contributed by atoms with E-state index in [1.165, 1.54) is 4.90 Å². The average Bonchev–Trinajstić information content (AvgIpc) is 2.86. The Kier molecular flexibility index (Phi) is 3.75. The Balaban J connectivity index is 2.60. The third kappa shape index (κ3) is 2.55. The van der Waals surface area contributed by atoms with Crippen LogP contribution in [-0.4, -0.2) is 27.9 Å². The molecule has 6 nitrogen and oxygen atoms in total. The Bertz CT molecular complexity index is 573. The van der Waals surface area contributed by atoms with Gasteiger partial charge in [0.15, 0.2) is 0 Å². The number of aryl methyl sites for hydroxylation is 3. The van der Waals surface area contributed by atoms with Crippen molar-refractivity contribution < 1.29 is 4.79 Å². The highest BCUT2D eigenvalue weighted by atomic mass is 32.1. The molecule has 0 unspecified atom stereocenters. The van der Waals surface area contributed by atoms with E-state index < -0.39 is 0 Å². The number of aromatic nitrogens is 3. The van der Waals surface area contributed by atoms with E-state index in [-0.39, 0.29) is 6.03 Å². The quantitative estimate of drug-likeness (QED) is 0.914. The van der Waals surface area contributed by atoms with Gasteiger partial charge in [0.25, 0.3) is 0 Å². The molecule has 0 aliphatic carbocycles. The summed E-state index contributed by atoms with van der Waals surface area (Å²) in [7, 11) is 1.59. The molecule has 0 spiro atoms. The summed E-state index contributed by atoms with van der Waals surface area (Å²) in [6, 6.07) is 3.81. The number of benzene rings is 1. The predicted molar refractivity (Wildman–Crippen MR) is 75.0 cm³/mol. The third-order valence-corrected chi connectivity index (χ3v) is 3.34. The van der Waals surface area contributed by atoms with Crippen molar-refractivity contribution in [3.63, 3.8) is 0 Å². The molecule has 1 N–H and O–H groups in total. The lowest BCUT2D eigenvalue weighted by molar-refractivity contribution is 0.250. The minimum atomic E-state index is -0.256. The Labute approximate surface area is 115 Å². The van der Waals surface area contributed by atoms with Crippen molar-refractivity contribution in [1.82, 2.24) is 20.1 Å². The predicted octanol–water partition coefficient (Wildman–Crippen LogP) is 2.34. The molecule has 100 valence electrons. The number of nitrogens with zero attached hydrogens (tertiary/aromatic N) is 4. The second-order valence-corrected chi connectivity index (χ2v) is 4.99. The van der Waals surface area contributed by atoms with E-state index >= 15 is 0 Å². The van der Waals surface area contributed by atoms with Crippen molar-refractivity contribution in [3.05, 3.63) is 28.8 Å². The van der Waals surface area contributed by atoms with Crippen LogP contribution in [0.3, 0.4) is 0 Å². The van der Waals surface area contributed by atoms with Crippen LogP contribution in [0.4, 0.5) is 15.6 Å². The molecule has 1 aromatic carbocycles. The van der Waals surface area contributed by atoms with Crippen molar-refractivity contribution in [2.45, 2.75) is 20.8 Å². The van der Waals surface area contributed by atoms with Crippen LogP contribution in [-0.2, 0) is 0 Å². The van der Waals surface area contributed by atoms with Gasteiger partial charge >= 0.3 is 6.03 Å². The summed E-state index contributed by atoms with van der Waals surface area (Å²) in [5, 5.41) is 10.5. The zero-order chi connectivity index (χ0) is 14.0. The summed E-state index contributed by atoms with van der Waals surface area (Å²) in [6.07, 6.45) is 0. The maximum Gasteiger partial charge on any atom is 0.328 e. The monoisotopic (exact) mass is 277 g/mol. The van der Waals surface area contributed by atoms with Crippen molar-refractivity contribution in [2.75, 3.05) is 11.9 Å². The van der Waals surface area contributed by atoms with Gasteiger partial charge in [0.2, 0.25) is 5.13 Å². The molecule has 0 radical (unpaired) electrons. The molecule has 2 aromatic rings. The lowest BCUT2D eigenvalue weighted by Crippen LogP contribution is -2.35. The second kappa shape index (κ2) is 5.31. The fraction of sp³-hybridized carbons (Fsp3) is 0.333. The number of carbonyl (C=O) groups is 1. The van der Waals surface area contributed by atoms with Gasteiger partial charge in [-0.25, -0.2) is 9.69 Å². The average molecular weight is 277 g/mol. The first-order chi connectivity index (χ1) is 9.04. The third-order valence-electron chi connectivity index (χ3n) is 2.76. The molecule has 0 fully saturated rings. The van der Waals surface area contributed by atoms with Crippen LogP contribution < -0.4 is 10.2 Å². The van der Waals surface area contributed by atoms with Crippen LogP contribution >= 0.6 is 11.5 Å². The number of anilines is 2. The van der Waals surface area contributed by atoms with Crippen LogP contribution in [0.25, 0.3) is 0 Å². The van der Waals surface area contributed by atoms with Gasteiger partial charge in [-0.3, -0.25) is 0 Å². The van der Waals surface area contributed by atoms with E-state index in [0.29, 0.717) is 5.13 Å². The molecule has 19 heavy (non-hydrogen) atoms. The van der Waals surface area contributed by atoms with Gasteiger partial charge < -0.3 is 5.32 Å². The zero-order valence-electron chi connectivity index (χ0n) is 11.3. The van der Waals surface area contributed by atoms with Crippen LogP contribution in [0.2, 0.25) is 0 Å². The number of rotatable bonds is 2. The van der Waals surface area contributed by atoms with Gasteiger partial charge in [0.05, 0.1) is 5.69 Å². The van der Waals surface area contributed by atoms with Crippen molar-refractivity contribution in [1.29, 1.82) is 0 Å². The fourth-order valence-corrected chi connectivity index (χ4v) is 2.61. The number of amides is 2. The molecular weight excluding hydrogens is 262 g/mol. The van der Waals surface area contributed by atoms with E-state index in [2.05, 4.69) is 20.1 Å². The Hall–Kier alpha value is -2.02. The molecule has 0 saturated carbocycles. The summed E-state index contributed by atoms with van der Waals surface area (Å²) in [6.45, 7) is 5.97. The lowest BCUT2D eigenvalue weighted by Gasteiger charge is -2.23. The Morgan fingerprint density at radius 1 is 1.26 bits per heavy atom. The van der Waals surface area contributed by atoms with Crippen LogP contribution in [0.15, 0.2) is 12.1 Å². The first-order valence-electron chi connectivity index (χ1n) is 5.79. The Morgan fingerprint density at radius 3 is 2.37 bits per heavy atom. The highest BCUT2D eigenvalue weighted by Gasteiger charge is 2.23. The first-order valence-corrected chi connectivity index (χ1v) is 6.56. The van der Waals surface area contributed by atoms with E-state index in [0.717, 1.165) is 33.9 Å². The minimum absolute atomic E-state index is 0.256. The smallest absolute Gasteiger partial charge is 0.328 e. The summed E-state index contributed by atoms with van der Waals surface area (Å²) in [5.74, 6) is 0. The minimum Gasteiger partial charge on any atom is -0.340 e. The molecular formula is C12H15N5OS. The van der Waals surface area contributed by atoms with Crippen molar-refractivity contribution >= 4 is 28.4 Å². The second-order valence-electron chi connectivity index (χ2n) is 4.28. The molecule has 0 aliphatic heterocycles. The van der Waals surface area contributed by atoms with Gasteiger partial charge in [-0.05, 0) is 37.1 Å². The number of hydrogen-bond donors (Lipinski definition) is 1. The number of carbonyl (C=O) groups excluding carboxylic acids is 1. The van der Waals surface area contributed by atoms with Crippen molar-refractivity contribution in [2.24, 2.45) is 0 Å². The van der Waals surface area contributed by atoms with E-state index in [9.17, 15) is 4.79 Å². The highest BCUT2D eigenvalue weighted by Crippen LogP contribution is 2.32. The van der Waals surface area contributed by atoms with E-state index in [1.54, 1.807) is 7.05 Å². The standard InChI is InChI=1S/C12H15N5OS/c1-7-5-8(2)10(9(3)6-7)17(11(18)13-4)12-14-15-16-19-12/h5-6H,1-4H3,(H,13,18). The summed E-state index contributed by atoms with van der Waals surface area (Å²) >= 11 is 1.08. The molecule has 0 saturated heterocycles. The molecule has 0 bridgehead atoms. The summed E-state index contributed by atoms with van der Waals surface area (Å²) < 4.78 is 3.72. The Morgan fingerprint density at radius 2 is 1.89 bits per heavy atom. The number of urea groups is 1. The molecule has 0 aliphatic rings. The van der Waals surface area contributed by atoms with Crippen LogP contribution in [0, 0.1) is 20.8 Å².